The second-order valence-electron chi connectivity index (χ2n) is 3.10. The normalized spacial score (nSPS) is 9.71. The van der Waals surface area contributed by atoms with Crippen molar-refractivity contribution in [2.75, 3.05) is 0 Å². The van der Waals surface area contributed by atoms with Crippen molar-refractivity contribution in [3.63, 3.8) is 0 Å². The molecule has 0 bridgehead atoms. The molecule has 0 N–H and O–H groups in total. The average Bonchev–Trinajstić information content (AvgIpc) is 2.23. The summed E-state index contributed by atoms with van der Waals surface area (Å²) in [6, 6.07) is 11.7. The van der Waals surface area contributed by atoms with Gasteiger partial charge in [0.15, 0.2) is 0 Å². The molecule has 2 nitrogen and oxygen atoms in total. The molecule has 0 radical (unpaired) electrons. The lowest BCUT2D eigenvalue weighted by atomic mass is 9.97. The molecule has 0 aliphatic carbocycles. The molecule has 0 saturated carbocycles. The van der Waals surface area contributed by atoms with Gasteiger partial charge in [0.2, 0.25) is 0 Å². The van der Waals surface area contributed by atoms with E-state index in [-0.39, 0.29) is 0 Å². The Balaban J connectivity index is 2.16. The zero-order chi connectivity index (χ0) is 9.80. The highest BCUT2D eigenvalue weighted by molar-refractivity contribution is 6.32. The Bertz CT molecular complexity index is 399. The van der Waals surface area contributed by atoms with Crippen molar-refractivity contribution in [3.05, 3.63) is 48.8 Å². The van der Waals surface area contributed by atoms with E-state index in [4.69, 9.17) is 4.74 Å². The topological polar surface area (TPSA) is 22.1 Å². The fourth-order valence-electron chi connectivity index (χ4n) is 1.15. The fraction of sp³-hybridized carbons (Fsp3) is 0. The second-order valence-corrected chi connectivity index (χ2v) is 3.10. The summed E-state index contributed by atoms with van der Waals surface area (Å²) in [5, 5.41) is 0. The Morgan fingerprint density at radius 2 is 1.79 bits per heavy atom. The summed E-state index contributed by atoms with van der Waals surface area (Å²) in [7, 11) is 2.05. The maximum Gasteiger partial charge on any atom is 0.145 e. The first kappa shape index (κ1) is 8.82. The molecule has 14 heavy (non-hydrogen) atoms. The minimum Gasteiger partial charge on any atom is -0.456 e. The standard InChI is InChI=1S/C11H10BNO/c12-9-3-5-10(6-4-9)14-11-2-1-7-13-8-11/h1-8H,12H2. The fourth-order valence-corrected chi connectivity index (χ4v) is 1.15. The lowest BCUT2D eigenvalue weighted by Gasteiger charge is -2.04. The van der Waals surface area contributed by atoms with Crippen LogP contribution < -0.4 is 10.2 Å². The molecule has 1 heterocycles. The van der Waals surface area contributed by atoms with Crippen LogP contribution in [-0.2, 0) is 0 Å². The predicted molar refractivity (Wildman–Crippen MR) is 58.9 cm³/mol. The molecular weight excluding hydrogens is 173 g/mol. The van der Waals surface area contributed by atoms with Gasteiger partial charge in [-0.25, -0.2) is 0 Å². The van der Waals surface area contributed by atoms with Crippen LogP contribution in [0.15, 0.2) is 48.8 Å². The van der Waals surface area contributed by atoms with E-state index < -0.39 is 0 Å². The van der Waals surface area contributed by atoms with Gasteiger partial charge in [0.1, 0.15) is 19.3 Å². The van der Waals surface area contributed by atoms with Crippen LogP contribution in [0.25, 0.3) is 0 Å². The number of hydrogen-bond acceptors (Lipinski definition) is 2. The molecule has 0 amide bonds. The molecular formula is C11H10BNO. The number of hydrogen-bond donors (Lipinski definition) is 0. The van der Waals surface area contributed by atoms with Gasteiger partial charge in [0.25, 0.3) is 0 Å². The van der Waals surface area contributed by atoms with Gasteiger partial charge in [-0.1, -0.05) is 17.6 Å². The molecule has 0 aliphatic heterocycles. The monoisotopic (exact) mass is 183 g/mol. The van der Waals surface area contributed by atoms with Gasteiger partial charge in [-0.15, -0.1) is 0 Å². The Morgan fingerprint density at radius 1 is 1.00 bits per heavy atom. The third-order valence-corrected chi connectivity index (χ3v) is 1.89. The highest BCUT2D eigenvalue weighted by Crippen LogP contribution is 2.18. The lowest BCUT2D eigenvalue weighted by molar-refractivity contribution is 0.480. The second kappa shape index (κ2) is 3.96. The maximum absolute atomic E-state index is 5.57. The highest BCUT2D eigenvalue weighted by atomic mass is 16.5. The van der Waals surface area contributed by atoms with Crippen LogP contribution in [0.1, 0.15) is 0 Å². The molecule has 2 aromatic rings. The van der Waals surface area contributed by atoms with E-state index >= 15 is 0 Å². The quantitative estimate of drug-likeness (QED) is 0.651. The molecule has 3 heteroatoms. The van der Waals surface area contributed by atoms with E-state index in [1.165, 1.54) is 5.46 Å². The lowest BCUT2D eigenvalue weighted by Crippen LogP contribution is -1.99. The van der Waals surface area contributed by atoms with Gasteiger partial charge in [0, 0.05) is 6.20 Å². The highest BCUT2D eigenvalue weighted by Gasteiger charge is 1.94. The van der Waals surface area contributed by atoms with E-state index in [1.807, 2.05) is 44.2 Å². The van der Waals surface area contributed by atoms with Crippen molar-refractivity contribution in [2.45, 2.75) is 0 Å². The molecule has 1 aromatic heterocycles. The smallest absolute Gasteiger partial charge is 0.145 e. The van der Waals surface area contributed by atoms with Crippen LogP contribution >= 0.6 is 0 Å². The van der Waals surface area contributed by atoms with Crippen LogP contribution in [0, 0.1) is 0 Å². The van der Waals surface area contributed by atoms with Crippen molar-refractivity contribution in [1.82, 2.24) is 4.98 Å². The first-order chi connectivity index (χ1) is 6.84. The maximum atomic E-state index is 5.57. The van der Waals surface area contributed by atoms with E-state index in [0.29, 0.717) is 0 Å². The van der Waals surface area contributed by atoms with E-state index in [0.717, 1.165) is 11.5 Å². The van der Waals surface area contributed by atoms with Crippen molar-refractivity contribution in [2.24, 2.45) is 0 Å². The van der Waals surface area contributed by atoms with Gasteiger partial charge in [-0.2, -0.15) is 0 Å². The van der Waals surface area contributed by atoms with Crippen molar-refractivity contribution in [3.8, 4) is 11.5 Å². The van der Waals surface area contributed by atoms with E-state index in [1.54, 1.807) is 12.4 Å². The van der Waals surface area contributed by atoms with Crippen LogP contribution in [0.5, 0.6) is 11.5 Å². The summed E-state index contributed by atoms with van der Waals surface area (Å²) >= 11 is 0. The van der Waals surface area contributed by atoms with Gasteiger partial charge < -0.3 is 4.74 Å². The summed E-state index contributed by atoms with van der Waals surface area (Å²) in [6.07, 6.45) is 3.42. The van der Waals surface area contributed by atoms with Gasteiger partial charge in [-0.3, -0.25) is 4.98 Å². The third-order valence-electron chi connectivity index (χ3n) is 1.89. The van der Waals surface area contributed by atoms with Crippen LogP contribution in [0.2, 0.25) is 0 Å². The zero-order valence-corrected chi connectivity index (χ0v) is 7.97. The average molecular weight is 183 g/mol. The summed E-state index contributed by atoms with van der Waals surface area (Å²) in [4.78, 5) is 3.97. The molecule has 0 saturated heterocycles. The summed E-state index contributed by atoms with van der Waals surface area (Å²) < 4.78 is 5.57. The Kier molecular flexibility index (Phi) is 2.50. The van der Waals surface area contributed by atoms with E-state index in [9.17, 15) is 0 Å². The first-order valence-corrected chi connectivity index (χ1v) is 4.49. The number of benzene rings is 1. The van der Waals surface area contributed by atoms with Crippen molar-refractivity contribution >= 4 is 13.3 Å². The van der Waals surface area contributed by atoms with Gasteiger partial charge >= 0.3 is 0 Å². The minimum atomic E-state index is 0.761. The van der Waals surface area contributed by atoms with Crippen LogP contribution in [0.4, 0.5) is 0 Å². The Morgan fingerprint density at radius 3 is 2.43 bits per heavy atom. The molecule has 0 atom stereocenters. The van der Waals surface area contributed by atoms with Gasteiger partial charge in [0.05, 0.1) is 6.20 Å². The zero-order valence-electron chi connectivity index (χ0n) is 7.97. The number of pyridine rings is 1. The summed E-state index contributed by atoms with van der Waals surface area (Å²) in [5.74, 6) is 1.60. The van der Waals surface area contributed by atoms with Gasteiger partial charge in [-0.05, 0) is 24.3 Å². The number of ether oxygens (including phenoxy) is 1. The van der Waals surface area contributed by atoms with Crippen molar-refractivity contribution < 1.29 is 4.74 Å². The number of nitrogens with zero attached hydrogens (tertiary/aromatic N) is 1. The van der Waals surface area contributed by atoms with Crippen molar-refractivity contribution in [1.29, 1.82) is 0 Å². The van der Waals surface area contributed by atoms with E-state index in [2.05, 4.69) is 4.98 Å². The molecule has 1 aromatic carbocycles. The number of rotatable bonds is 2. The summed E-state index contributed by atoms with van der Waals surface area (Å²) in [6.45, 7) is 0. The molecule has 68 valence electrons. The molecule has 0 fully saturated rings. The molecule has 0 unspecified atom stereocenters. The van der Waals surface area contributed by atoms with Crippen LogP contribution in [-0.4, -0.2) is 12.8 Å². The first-order valence-electron chi connectivity index (χ1n) is 4.49. The molecule has 0 aliphatic rings. The Hall–Kier alpha value is -1.77. The predicted octanol–water partition coefficient (Wildman–Crippen LogP) is 1.13. The minimum absolute atomic E-state index is 0.761. The SMILES string of the molecule is Bc1ccc(Oc2cccnc2)cc1. The third kappa shape index (κ3) is 2.13. The summed E-state index contributed by atoms with van der Waals surface area (Å²) in [5.41, 5.74) is 1.23. The largest absolute Gasteiger partial charge is 0.456 e. The molecule has 2 rings (SSSR count). The Labute approximate surface area is 84.0 Å². The molecule has 0 spiro atoms. The van der Waals surface area contributed by atoms with Crippen LogP contribution in [0.3, 0.4) is 0 Å². The number of aromatic nitrogens is 1.